The van der Waals surface area contributed by atoms with Gasteiger partial charge in [-0.2, -0.15) is 0 Å². The van der Waals surface area contributed by atoms with Gasteiger partial charge in [-0.15, -0.1) is 0 Å². The summed E-state index contributed by atoms with van der Waals surface area (Å²) < 4.78 is 5.47. The molecule has 1 saturated carbocycles. The van der Waals surface area contributed by atoms with Crippen LogP contribution in [-0.2, 0) is 9.53 Å². The monoisotopic (exact) mass is 269 g/mol. The van der Waals surface area contributed by atoms with Crippen LogP contribution in [0.3, 0.4) is 0 Å². The Morgan fingerprint density at radius 2 is 2.16 bits per heavy atom. The first-order valence-corrected chi connectivity index (χ1v) is 7.53. The van der Waals surface area contributed by atoms with Crippen LogP contribution in [0.15, 0.2) is 0 Å². The van der Waals surface area contributed by atoms with E-state index in [4.69, 9.17) is 9.84 Å². The van der Waals surface area contributed by atoms with Gasteiger partial charge in [0, 0.05) is 18.6 Å². The molecule has 2 rings (SSSR count). The second-order valence-corrected chi connectivity index (χ2v) is 6.81. The highest BCUT2D eigenvalue weighted by Crippen LogP contribution is 2.36. The third-order valence-corrected chi connectivity index (χ3v) is 4.70. The molecule has 19 heavy (non-hydrogen) atoms. The maximum absolute atomic E-state index is 11.0. The van der Waals surface area contributed by atoms with E-state index in [9.17, 15) is 4.79 Å². The van der Waals surface area contributed by atoms with Crippen LogP contribution in [0.2, 0.25) is 0 Å². The zero-order valence-corrected chi connectivity index (χ0v) is 12.2. The fourth-order valence-electron chi connectivity index (χ4n) is 3.50. The lowest BCUT2D eigenvalue weighted by Gasteiger charge is -2.40. The maximum Gasteiger partial charge on any atom is 0.305 e. The summed E-state index contributed by atoms with van der Waals surface area (Å²) in [7, 11) is 0. The lowest BCUT2D eigenvalue weighted by molar-refractivity contribution is -0.141. The summed E-state index contributed by atoms with van der Waals surface area (Å²) in [5.74, 6) is -0.713. The van der Waals surface area contributed by atoms with Gasteiger partial charge in [0.1, 0.15) is 0 Å². The summed E-state index contributed by atoms with van der Waals surface area (Å²) in [5, 5.41) is 9.04. The van der Waals surface area contributed by atoms with Crippen LogP contribution < -0.4 is 0 Å². The maximum atomic E-state index is 11.0. The molecular formula is C15H27NO3. The molecule has 0 bridgehead atoms. The molecule has 4 heteroatoms. The van der Waals surface area contributed by atoms with Crippen LogP contribution in [0.25, 0.3) is 0 Å². The molecule has 0 amide bonds. The van der Waals surface area contributed by atoms with Crippen molar-refractivity contribution >= 4 is 5.97 Å². The van der Waals surface area contributed by atoms with Crippen molar-refractivity contribution in [2.75, 3.05) is 19.8 Å². The number of carbonyl (C=O) groups is 1. The van der Waals surface area contributed by atoms with E-state index in [-0.39, 0.29) is 12.5 Å². The van der Waals surface area contributed by atoms with E-state index in [1.54, 1.807) is 0 Å². The molecule has 1 N–H and O–H groups in total. The smallest absolute Gasteiger partial charge is 0.305 e. The molecule has 4 nitrogen and oxygen atoms in total. The Bertz CT molecular complexity index is 317. The van der Waals surface area contributed by atoms with E-state index in [1.807, 2.05) is 0 Å². The fourth-order valence-corrected chi connectivity index (χ4v) is 3.50. The minimum Gasteiger partial charge on any atom is -0.481 e. The van der Waals surface area contributed by atoms with Crippen LogP contribution in [0.5, 0.6) is 0 Å². The molecule has 0 aromatic rings. The molecular weight excluding hydrogens is 242 g/mol. The Labute approximate surface area is 116 Å². The summed E-state index contributed by atoms with van der Waals surface area (Å²) >= 11 is 0. The number of carboxylic acid groups (broad SMARTS) is 1. The zero-order chi connectivity index (χ0) is 13.9. The SMILES string of the molecule is CC1(C)CCCC(N2CCOCC2CC(=O)O)CC1. The van der Waals surface area contributed by atoms with E-state index in [0.29, 0.717) is 18.1 Å². The zero-order valence-electron chi connectivity index (χ0n) is 12.2. The summed E-state index contributed by atoms with van der Waals surface area (Å²) in [4.78, 5) is 13.4. The summed E-state index contributed by atoms with van der Waals surface area (Å²) in [6, 6.07) is 0.618. The van der Waals surface area contributed by atoms with Gasteiger partial charge in [-0.05, 0) is 31.1 Å². The lowest BCUT2D eigenvalue weighted by Crippen LogP contribution is -2.51. The van der Waals surface area contributed by atoms with Gasteiger partial charge in [-0.1, -0.05) is 20.3 Å². The Morgan fingerprint density at radius 3 is 2.89 bits per heavy atom. The van der Waals surface area contributed by atoms with Gasteiger partial charge < -0.3 is 9.84 Å². The van der Waals surface area contributed by atoms with Crippen LogP contribution in [0, 0.1) is 5.41 Å². The van der Waals surface area contributed by atoms with E-state index in [2.05, 4.69) is 18.7 Å². The Kier molecular flexibility index (Phi) is 4.85. The number of nitrogens with zero attached hydrogens (tertiary/aromatic N) is 1. The van der Waals surface area contributed by atoms with E-state index < -0.39 is 5.97 Å². The summed E-state index contributed by atoms with van der Waals surface area (Å²) in [5.41, 5.74) is 0.448. The second kappa shape index (κ2) is 6.23. The van der Waals surface area contributed by atoms with Gasteiger partial charge >= 0.3 is 5.97 Å². The number of hydrogen-bond acceptors (Lipinski definition) is 3. The van der Waals surface area contributed by atoms with Crippen molar-refractivity contribution in [3.63, 3.8) is 0 Å². The predicted molar refractivity (Wildman–Crippen MR) is 74.2 cm³/mol. The minimum atomic E-state index is -0.713. The van der Waals surface area contributed by atoms with Crippen molar-refractivity contribution in [1.82, 2.24) is 4.90 Å². The number of carboxylic acids is 1. The highest BCUT2D eigenvalue weighted by molar-refractivity contribution is 5.67. The highest BCUT2D eigenvalue weighted by atomic mass is 16.5. The highest BCUT2D eigenvalue weighted by Gasteiger charge is 2.33. The van der Waals surface area contributed by atoms with Gasteiger partial charge in [-0.25, -0.2) is 0 Å². The number of aliphatic carboxylic acids is 1. The van der Waals surface area contributed by atoms with Crippen molar-refractivity contribution in [2.45, 2.75) is 64.5 Å². The Balaban J connectivity index is 1.99. The number of ether oxygens (including phenoxy) is 1. The topological polar surface area (TPSA) is 49.8 Å². The van der Waals surface area contributed by atoms with Gasteiger partial charge in [0.05, 0.1) is 19.6 Å². The lowest BCUT2D eigenvalue weighted by atomic mass is 9.85. The fraction of sp³-hybridized carbons (Fsp3) is 0.933. The Hall–Kier alpha value is -0.610. The molecule has 0 radical (unpaired) electrons. The molecule has 0 spiro atoms. The first-order chi connectivity index (χ1) is 8.98. The number of hydrogen-bond donors (Lipinski definition) is 1. The number of morpholine rings is 1. The second-order valence-electron chi connectivity index (χ2n) is 6.81. The first-order valence-electron chi connectivity index (χ1n) is 7.53. The summed E-state index contributed by atoms with van der Waals surface area (Å²) in [6.45, 7) is 6.91. The van der Waals surface area contributed by atoms with Crippen molar-refractivity contribution in [2.24, 2.45) is 5.41 Å². The van der Waals surface area contributed by atoms with Crippen LogP contribution in [-0.4, -0.2) is 47.8 Å². The van der Waals surface area contributed by atoms with Gasteiger partial charge in [-0.3, -0.25) is 9.69 Å². The number of rotatable bonds is 3. The first kappa shape index (κ1) is 14.8. The molecule has 2 aliphatic rings. The van der Waals surface area contributed by atoms with Crippen molar-refractivity contribution < 1.29 is 14.6 Å². The molecule has 1 heterocycles. The average Bonchev–Trinajstić information content (AvgIpc) is 2.50. The van der Waals surface area contributed by atoms with E-state index in [1.165, 1.54) is 32.1 Å². The van der Waals surface area contributed by atoms with Crippen LogP contribution in [0.1, 0.15) is 52.4 Å². The van der Waals surface area contributed by atoms with E-state index >= 15 is 0 Å². The molecule has 0 aromatic carbocycles. The van der Waals surface area contributed by atoms with Crippen molar-refractivity contribution in [3.05, 3.63) is 0 Å². The van der Waals surface area contributed by atoms with E-state index in [0.717, 1.165) is 13.2 Å². The van der Waals surface area contributed by atoms with Gasteiger partial charge in [0.25, 0.3) is 0 Å². The van der Waals surface area contributed by atoms with Crippen molar-refractivity contribution in [3.8, 4) is 0 Å². The minimum absolute atomic E-state index is 0.0671. The van der Waals surface area contributed by atoms with Gasteiger partial charge in [0.2, 0.25) is 0 Å². The molecule has 2 fully saturated rings. The third-order valence-electron chi connectivity index (χ3n) is 4.70. The quantitative estimate of drug-likeness (QED) is 0.800. The predicted octanol–water partition coefficient (Wildman–Crippen LogP) is 2.52. The Morgan fingerprint density at radius 1 is 1.37 bits per heavy atom. The third kappa shape index (κ3) is 4.18. The molecule has 2 unspecified atom stereocenters. The molecule has 2 atom stereocenters. The molecule has 110 valence electrons. The van der Waals surface area contributed by atoms with Crippen LogP contribution >= 0.6 is 0 Å². The standard InChI is InChI=1S/C15H27NO3/c1-15(2)6-3-4-12(5-7-15)16-8-9-19-11-13(16)10-14(17)18/h12-13H,3-11H2,1-2H3,(H,17,18). The molecule has 1 saturated heterocycles. The molecule has 1 aliphatic heterocycles. The van der Waals surface area contributed by atoms with Crippen molar-refractivity contribution in [1.29, 1.82) is 0 Å². The van der Waals surface area contributed by atoms with Gasteiger partial charge in [0.15, 0.2) is 0 Å². The largest absolute Gasteiger partial charge is 0.481 e. The average molecular weight is 269 g/mol. The molecule has 1 aliphatic carbocycles. The summed E-state index contributed by atoms with van der Waals surface area (Å²) in [6.07, 6.45) is 6.41. The molecule has 0 aromatic heterocycles. The normalized spacial score (nSPS) is 32.7. The van der Waals surface area contributed by atoms with Crippen LogP contribution in [0.4, 0.5) is 0 Å².